The van der Waals surface area contributed by atoms with Crippen molar-refractivity contribution in [1.29, 1.82) is 0 Å². The number of aliphatic hydroxyl groups excluding tert-OH is 1. The smallest absolute Gasteiger partial charge is 0.312 e. The van der Waals surface area contributed by atoms with Crippen molar-refractivity contribution >= 4 is 11.8 Å². The van der Waals surface area contributed by atoms with Gasteiger partial charge in [-0.25, -0.2) is 0 Å². The average molecular weight is 240 g/mol. The van der Waals surface area contributed by atoms with Crippen LogP contribution in [-0.2, 0) is 9.59 Å². The number of carbonyl (C=O) groups is 2. The minimum absolute atomic E-state index is 0.303. The molecule has 1 saturated carbocycles. The number of likely N-dealkylation sites (N-methyl/N-ethyl adjacent to an activating group) is 1. The molecule has 2 rings (SSSR count). The molecule has 1 N–H and O–H groups in total. The van der Waals surface area contributed by atoms with Crippen LogP contribution in [0.25, 0.3) is 0 Å². The molecule has 0 bridgehead atoms. The van der Waals surface area contributed by atoms with E-state index in [1.165, 1.54) is 9.80 Å². The molecule has 0 radical (unpaired) electrons. The summed E-state index contributed by atoms with van der Waals surface area (Å²) in [5.74, 6) is -0.636. The fraction of sp³-hybridized carbons (Fsp3) is 0.833. The van der Waals surface area contributed by atoms with Gasteiger partial charge in [-0.05, 0) is 18.8 Å². The summed E-state index contributed by atoms with van der Waals surface area (Å²) in [7, 11) is 1.63. The maximum Gasteiger partial charge on any atom is 0.312 e. The molecule has 0 aromatic rings. The number of nitrogens with zero attached hydrogens (tertiary/aromatic N) is 2. The number of rotatable bonds is 3. The number of β-amino-alcohol motifs (C(OH)–C–C–N with tert-alkyl or cyclic N) is 1. The minimum atomic E-state index is -0.476. The lowest BCUT2D eigenvalue weighted by molar-refractivity contribution is -0.156. The van der Waals surface area contributed by atoms with Crippen molar-refractivity contribution in [2.45, 2.75) is 31.8 Å². The Hall–Kier alpha value is -1.10. The zero-order valence-electron chi connectivity index (χ0n) is 10.3. The van der Waals surface area contributed by atoms with Gasteiger partial charge >= 0.3 is 11.8 Å². The monoisotopic (exact) mass is 240 g/mol. The molecule has 1 aliphatic carbocycles. The molecule has 0 aromatic heterocycles. The fourth-order valence-corrected chi connectivity index (χ4v) is 2.66. The van der Waals surface area contributed by atoms with Crippen LogP contribution in [0.5, 0.6) is 0 Å². The Labute approximate surface area is 101 Å². The molecule has 96 valence electrons. The molecule has 1 unspecified atom stereocenters. The van der Waals surface area contributed by atoms with Crippen molar-refractivity contribution in [3.63, 3.8) is 0 Å². The summed E-state index contributed by atoms with van der Waals surface area (Å²) in [6, 6.07) is 0. The number of carbonyl (C=O) groups excluding carboxylic acids is 2. The summed E-state index contributed by atoms with van der Waals surface area (Å²) < 4.78 is 0. The Balaban J connectivity index is 1.90. The molecule has 2 aliphatic rings. The van der Waals surface area contributed by atoms with Gasteiger partial charge in [0, 0.05) is 26.7 Å². The van der Waals surface area contributed by atoms with Crippen molar-refractivity contribution in [2.75, 3.05) is 26.7 Å². The van der Waals surface area contributed by atoms with E-state index in [0.717, 1.165) is 25.7 Å². The SMILES string of the molecule is CN1CCN(CC(O)C2CCCC2)C(=O)C1=O. The molecule has 2 fully saturated rings. The maximum absolute atomic E-state index is 11.7. The third-order valence-electron chi connectivity index (χ3n) is 3.87. The summed E-state index contributed by atoms with van der Waals surface area (Å²) in [6.45, 7) is 1.40. The molecule has 2 amide bonds. The molecule has 5 heteroatoms. The molecule has 5 nitrogen and oxygen atoms in total. The lowest BCUT2D eigenvalue weighted by atomic mass is 10.0. The topological polar surface area (TPSA) is 60.9 Å². The molecule has 1 aliphatic heterocycles. The number of amides is 2. The van der Waals surface area contributed by atoms with Gasteiger partial charge in [-0.15, -0.1) is 0 Å². The second kappa shape index (κ2) is 5.04. The zero-order valence-corrected chi connectivity index (χ0v) is 10.3. The predicted molar refractivity (Wildman–Crippen MR) is 62.2 cm³/mol. The van der Waals surface area contributed by atoms with Gasteiger partial charge in [0.2, 0.25) is 0 Å². The van der Waals surface area contributed by atoms with Crippen LogP contribution in [0, 0.1) is 5.92 Å². The van der Waals surface area contributed by atoms with Gasteiger partial charge in [-0.3, -0.25) is 9.59 Å². The normalized spacial score (nSPS) is 24.6. The maximum atomic E-state index is 11.7. The summed E-state index contributed by atoms with van der Waals surface area (Å²) in [6.07, 6.45) is 3.93. The van der Waals surface area contributed by atoms with Crippen LogP contribution in [0.2, 0.25) is 0 Å². The lowest BCUT2D eigenvalue weighted by Crippen LogP contribution is -2.55. The first-order valence-corrected chi connectivity index (χ1v) is 6.32. The van der Waals surface area contributed by atoms with Gasteiger partial charge in [0.25, 0.3) is 0 Å². The van der Waals surface area contributed by atoms with Gasteiger partial charge in [0.15, 0.2) is 0 Å². The standard InChI is InChI=1S/C12H20N2O3/c1-13-6-7-14(12(17)11(13)16)8-10(15)9-4-2-3-5-9/h9-10,15H,2-8H2,1H3. The first-order chi connectivity index (χ1) is 8.09. The highest BCUT2D eigenvalue weighted by molar-refractivity contribution is 6.35. The Bertz CT molecular complexity index is 313. The van der Waals surface area contributed by atoms with Crippen molar-refractivity contribution < 1.29 is 14.7 Å². The summed E-state index contributed by atoms with van der Waals surface area (Å²) in [4.78, 5) is 26.1. The van der Waals surface area contributed by atoms with Crippen molar-refractivity contribution in [2.24, 2.45) is 5.92 Å². The van der Waals surface area contributed by atoms with Gasteiger partial charge in [-0.2, -0.15) is 0 Å². The van der Waals surface area contributed by atoms with Gasteiger partial charge in [0.05, 0.1) is 6.10 Å². The number of hydrogen-bond donors (Lipinski definition) is 1. The average Bonchev–Trinajstić information content (AvgIpc) is 2.83. The van der Waals surface area contributed by atoms with E-state index in [4.69, 9.17) is 0 Å². The highest BCUT2D eigenvalue weighted by atomic mass is 16.3. The van der Waals surface area contributed by atoms with Crippen LogP contribution >= 0.6 is 0 Å². The Morgan fingerprint density at radius 1 is 1.24 bits per heavy atom. The van der Waals surface area contributed by atoms with Gasteiger partial charge < -0.3 is 14.9 Å². The second-order valence-corrected chi connectivity index (χ2v) is 5.09. The number of piperazine rings is 1. The number of aliphatic hydroxyl groups is 1. The highest BCUT2D eigenvalue weighted by Gasteiger charge is 2.33. The van der Waals surface area contributed by atoms with Gasteiger partial charge in [-0.1, -0.05) is 12.8 Å². The Morgan fingerprint density at radius 3 is 2.53 bits per heavy atom. The largest absolute Gasteiger partial charge is 0.391 e. The summed E-state index contributed by atoms with van der Waals surface area (Å²) >= 11 is 0. The number of hydrogen-bond acceptors (Lipinski definition) is 3. The van der Waals surface area contributed by atoms with E-state index in [2.05, 4.69) is 0 Å². The van der Waals surface area contributed by atoms with E-state index < -0.39 is 17.9 Å². The summed E-state index contributed by atoms with van der Waals surface area (Å²) in [5.41, 5.74) is 0. The Kier molecular flexibility index (Phi) is 3.66. The second-order valence-electron chi connectivity index (χ2n) is 5.09. The van der Waals surface area contributed by atoms with Crippen LogP contribution < -0.4 is 0 Å². The first kappa shape index (κ1) is 12.4. The Morgan fingerprint density at radius 2 is 1.88 bits per heavy atom. The predicted octanol–water partition coefficient (Wildman–Crippen LogP) is -0.162. The molecule has 0 spiro atoms. The molecular formula is C12H20N2O3. The van der Waals surface area contributed by atoms with E-state index in [1.807, 2.05) is 0 Å². The molecule has 1 heterocycles. The quantitative estimate of drug-likeness (QED) is 0.697. The zero-order chi connectivity index (χ0) is 12.4. The van der Waals surface area contributed by atoms with Crippen LogP contribution in [0.15, 0.2) is 0 Å². The third-order valence-corrected chi connectivity index (χ3v) is 3.87. The van der Waals surface area contributed by atoms with Gasteiger partial charge in [0.1, 0.15) is 0 Å². The summed E-state index contributed by atoms with van der Waals surface area (Å²) in [5, 5.41) is 10.1. The van der Waals surface area contributed by atoms with Crippen molar-refractivity contribution in [3.05, 3.63) is 0 Å². The van der Waals surface area contributed by atoms with Crippen molar-refractivity contribution in [3.8, 4) is 0 Å². The lowest BCUT2D eigenvalue weighted by Gasteiger charge is -2.33. The van der Waals surface area contributed by atoms with Crippen LogP contribution in [-0.4, -0.2) is 59.5 Å². The molecule has 0 aromatic carbocycles. The van der Waals surface area contributed by atoms with E-state index in [1.54, 1.807) is 7.05 Å². The van der Waals surface area contributed by atoms with Crippen LogP contribution in [0.3, 0.4) is 0 Å². The first-order valence-electron chi connectivity index (χ1n) is 6.32. The van der Waals surface area contributed by atoms with E-state index in [9.17, 15) is 14.7 Å². The molecule has 17 heavy (non-hydrogen) atoms. The molecular weight excluding hydrogens is 220 g/mol. The van der Waals surface area contributed by atoms with Crippen molar-refractivity contribution in [1.82, 2.24) is 9.80 Å². The highest BCUT2D eigenvalue weighted by Crippen LogP contribution is 2.28. The van der Waals surface area contributed by atoms with Crippen LogP contribution in [0.1, 0.15) is 25.7 Å². The van der Waals surface area contributed by atoms with Crippen LogP contribution in [0.4, 0.5) is 0 Å². The van der Waals surface area contributed by atoms with E-state index >= 15 is 0 Å². The van der Waals surface area contributed by atoms with E-state index in [0.29, 0.717) is 25.6 Å². The molecule has 1 atom stereocenters. The molecule has 1 saturated heterocycles. The van der Waals surface area contributed by atoms with E-state index in [-0.39, 0.29) is 0 Å². The fourth-order valence-electron chi connectivity index (χ4n) is 2.66. The minimum Gasteiger partial charge on any atom is -0.391 e. The third kappa shape index (κ3) is 2.60.